The van der Waals surface area contributed by atoms with E-state index in [9.17, 15) is 0 Å². The first kappa shape index (κ1) is 11.0. The molecule has 3 N–H and O–H groups in total. The first-order valence-corrected chi connectivity index (χ1v) is 5.99. The zero-order chi connectivity index (χ0) is 11.5. The third-order valence-corrected chi connectivity index (χ3v) is 3.29. The predicted molar refractivity (Wildman–Crippen MR) is 69.8 cm³/mol. The predicted octanol–water partition coefficient (Wildman–Crippen LogP) is 2.95. The number of nitrogens with zero attached hydrogens (tertiary/aromatic N) is 1. The lowest BCUT2D eigenvalue weighted by molar-refractivity contribution is 1.11. The summed E-state index contributed by atoms with van der Waals surface area (Å²) in [6.45, 7) is 4.84. The number of nitrogens with one attached hydrogen (secondary N) is 1. The fourth-order valence-electron chi connectivity index (χ4n) is 1.46. The van der Waals surface area contributed by atoms with Crippen molar-refractivity contribution in [2.24, 2.45) is 0 Å². The summed E-state index contributed by atoms with van der Waals surface area (Å²) in [6, 6.07) is 8.04. The van der Waals surface area contributed by atoms with Crippen LogP contribution < -0.4 is 11.1 Å². The monoisotopic (exact) mass is 233 g/mol. The Balaban J connectivity index is 2.07. The van der Waals surface area contributed by atoms with Crippen LogP contribution in [0.5, 0.6) is 0 Å². The maximum atomic E-state index is 5.84. The molecule has 84 valence electrons. The van der Waals surface area contributed by atoms with Crippen LogP contribution in [0.1, 0.15) is 15.4 Å². The molecule has 0 aliphatic rings. The lowest BCUT2D eigenvalue weighted by atomic mass is 10.3. The molecule has 3 nitrogen and oxygen atoms in total. The summed E-state index contributed by atoms with van der Waals surface area (Å²) in [5.41, 5.74) is 7.50. The maximum absolute atomic E-state index is 5.84. The van der Waals surface area contributed by atoms with Crippen LogP contribution in [0.4, 0.5) is 11.5 Å². The number of nitrogen functional groups attached to an aromatic ring is 1. The molecule has 0 aliphatic carbocycles. The Morgan fingerprint density at radius 1 is 1.25 bits per heavy atom. The average Bonchev–Trinajstić information content (AvgIpc) is 2.66. The van der Waals surface area contributed by atoms with Gasteiger partial charge in [0.1, 0.15) is 5.82 Å². The highest BCUT2D eigenvalue weighted by atomic mass is 32.1. The number of hydrogen-bond donors (Lipinski definition) is 2. The quantitative estimate of drug-likeness (QED) is 0.857. The molecular formula is C12H15N3S. The number of pyridine rings is 1. The molecule has 0 aliphatic heterocycles. The number of thiophene rings is 1. The van der Waals surface area contributed by atoms with Crippen molar-refractivity contribution in [2.75, 3.05) is 11.1 Å². The molecule has 0 unspecified atom stereocenters. The Morgan fingerprint density at radius 2 is 2.06 bits per heavy atom. The van der Waals surface area contributed by atoms with Crippen molar-refractivity contribution in [1.82, 2.24) is 4.98 Å². The van der Waals surface area contributed by atoms with Gasteiger partial charge in [-0.3, -0.25) is 0 Å². The minimum Gasteiger partial charge on any atom is -0.396 e. The molecule has 0 saturated heterocycles. The van der Waals surface area contributed by atoms with Gasteiger partial charge in [0.05, 0.1) is 12.2 Å². The minimum absolute atomic E-state index is 0.693. The van der Waals surface area contributed by atoms with Gasteiger partial charge in [0.25, 0.3) is 0 Å². The van der Waals surface area contributed by atoms with Crippen LogP contribution in [0.2, 0.25) is 0 Å². The second-order valence-corrected chi connectivity index (χ2v) is 5.13. The third kappa shape index (κ3) is 2.52. The summed E-state index contributed by atoms with van der Waals surface area (Å²) in [5, 5.41) is 3.26. The van der Waals surface area contributed by atoms with Crippen LogP contribution in [0.3, 0.4) is 0 Å². The van der Waals surface area contributed by atoms with E-state index in [1.54, 1.807) is 11.3 Å². The van der Waals surface area contributed by atoms with Crippen LogP contribution in [0.25, 0.3) is 0 Å². The van der Waals surface area contributed by atoms with E-state index in [1.807, 2.05) is 19.1 Å². The summed E-state index contributed by atoms with van der Waals surface area (Å²) < 4.78 is 0. The molecule has 0 amide bonds. The van der Waals surface area contributed by atoms with Crippen LogP contribution in [0.15, 0.2) is 24.3 Å². The number of nitrogens with two attached hydrogens (primary N) is 1. The summed E-state index contributed by atoms with van der Waals surface area (Å²) >= 11 is 1.79. The van der Waals surface area contributed by atoms with E-state index in [1.165, 1.54) is 9.75 Å². The van der Waals surface area contributed by atoms with Crippen molar-refractivity contribution in [3.63, 3.8) is 0 Å². The van der Waals surface area contributed by atoms with Crippen molar-refractivity contribution in [3.05, 3.63) is 39.7 Å². The van der Waals surface area contributed by atoms with Gasteiger partial charge in [-0.2, -0.15) is 0 Å². The highest BCUT2D eigenvalue weighted by molar-refractivity contribution is 7.11. The van der Waals surface area contributed by atoms with Crippen molar-refractivity contribution < 1.29 is 0 Å². The molecule has 16 heavy (non-hydrogen) atoms. The molecule has 0 saturated carbocycles. The molecule has 0 spiro atoms. The van der Waals surface area contributed by atoms with Crippen molar-refractivity contribution in [2.45, 2.75) is 20.4 Å². The fourth-order valence-corrected chi connectivity index (χ4v) is 2.29. The van der Waals surface area contributed by atoms with Gasteiger partial charge in [0.15, 0.2) is 0 Å². The molecule has 0 fully saturated rings. The first-order chi connectivity index (χ1) is 7.65. The van der Waals surface area contributed by atoms with Gasteiger partial charge in [-0.25, -0.2) is 4.98 Å². The molecule has 2 heterocycles. The second kappa shape index (κ2) is 4.53. The molecule has 0 radical (unpaired) electrons. The Hall–Kier alpha value is -1.55. The van der Waals surface area contributed by atoms with Crippen LogP contribution in [0, 0.1) is 13.8 Å². The van der Waals surface area contributed by atoms with Gasteiger partial charge in [0, 0.05) is 15.4 Å². The molecule has 2 aromatic rings. The van der Waals surface area contributed by atoms with E-state index < -0.39 is 0 Å². The SMILES string of the molecule is Cc1ccc(N)c(NCc2ccc(C)s2)n1. The normalized spacial score (nSPS) is 10.4. The summed E-state index contributed by atoms with van der Waals surface area (Å²) in [7, 11) is 0. The highest BCUT2D eigenvalue weighted by Crippen LogP contribution is 2.19. The third-order valence-electron chi connectivity index (χ3n) is 2.29. The first-order valence-electron chi connectivity index (χ1n) is 5.17. The fraction of sp³-hybridized carbons (Fsp3) is 0.250. The van der Waals surface area contributed by atoms with Gasteiger partial charge in [-0.15, -0.1) is 11.3 Å². The van der Waals surface area contributed by atoms with Gasteiger partial charge < -0.3 is 11.1 Å². The lowest BCUT2D eigenvalue weighted by Gasteiger charge is -2.07. The van der Waals surface area contributed by atoms with Gasteiger partial charge in [-0.1, -0.05) is 0 Å². The molecule has 0 atom stereocenters. The van der Waals surface area contributed by atoms with E-state index >= 15 is 0 Å². The summed E-state index contributed by atoms with van der Waals surface area (Å²) in [4.78, 5) is 6.98. The Bertz CT molecular complexity index is 491. The van der Waals surface area contributed by atoms with Gasteiger partial charge >= 0.3 is 0 Å². The number of aromatic nitrogens is 1. The van der Waals surface area contributed by atoms with Crippen LogP contribution in [-0.4, -0.2) is 4.98 Å². The summed E-state index contributed by atoms with van der Waals surface area (Å²) in [5.74, 6) is 0.769. The molecule has 0 bridgehead atoms. The molecule has 4 heteroatoms. The molecular weight excluding hydrogens is 218 g/mol. The number of hydrogen-bond acceptors (Lipinski definition) is 4. The minimum atomic E-state index is 0.693. The maximum Gasteiger partial charge on any atom is 0.149 e. The van der Waals surface area contributed by atoms with Crippen molar-refractivity contribution in [3.8, 4) is 0 Å². The summed E-state index contributed by atoms with van der Waals surface area (Å²) in [6.07, 6.45) is 0. The van der Waals surface area contributed by atoms with Crippen molar-refractivity contribution >= 4 is 22.8 Å². The topological polar surface area (TPSA) is 50.9 Å². The van der Waals surface area contributed by atoms with Crippen LogP contribution in [-0.2, 0) is 6.54 Å². The van der Waals surface area contributed by atoms with E-state index in [4.69, 9.17) is 5.73 Å². The lowest BCUT2D eigenvalue weighted by Crippen LogP contribution is -2.04. The zero-order valence-corrected chi connectivity index (χ0v) is 10.3. The Morgan fingerprint density at radius 3 is 2.75 bits per heavy atom. The van der Waals surface area contributed by atoms with Gasteiger partial charge in [-0.05, 0) is 38.1 Å². The number of rotatable bonds is 3. The van der Waals surface area contributed by atoms with E-state index in [-0.39, 0.29) is 0 Å². The van der Waals surface area contributed by atoms with E-state index in [0.717, 1.165) is 18.1 Å². The number of aryl methyl sites for hydroxylation is 2. The Kier molecular flexibility index (Phi) is 3.10. The molecule has 2 aromatic heterocycles. The standard InChI is InChI=1S/C12H15N3S/c1-8-3-6-11(13)12(15-8)14-7-10-5-4-9(2)16-10/h3-6H,7,13H2,1-2H3,(H,14,15). The zero-order valence-electron chi connectivity index (χ0n) is 9.45. The van der Waals surface area contributed by atoms with E-state index in [0.29, 0.717) is 5.69 Å². The molecule has 2 rings (SSSR count). The smallest absolute Gasteiger partial charge is 0.149 e. The molecule has 0 aromatic carbocycles. The van der Waals surface area contributed by atoms with Gasteiger partial charge in [0.2, 0.25) is 0 Å². The van der Waals surface area contributed by atoms with Crippen molar-refractivity contribution in [1.29, 1.82) is 0 Å². The second-order valence-electron chi connectivity index (χ2n) is 3.76. The van der Waals surface area contributed by atoms with E-state index in [2.05, 4.69) is 29.4 Å². The highest BCUT2D eigenvalue weighted by Gasteiger charge is 2.02. The largest absolute Gasteiger partial charge is 0.396 e. The number of anilines is 2. The Labute approximate surface area is 99.3 Å². The van der Waals surface area contributed by atoms with Crippen LogP contribution >= 0.6 is 11.3 Å². The average molecular weight is 233 g/mol.